The van der Waals surface area contributed by atoms with Gasteiger partial charge in [0.15, 0.2) is 0 Å². The zero-order valence-corrected chi connectivity index (χ0v) is 15.2. The molecule has 0 spiro atoms. The van der Waals surface area contributed by atoms with Gasteiger partial charge in [-0.15, -0.1) is 0 Å². The van der Waals surface area contributed by atoms with Gasteiger partial charge in [-0.3, -0.25) is 9.59 Å². The Kier molecular flexibility index (Phi) is 7.25. The summed E-state index contributed by atoms with van der Waals surface area (Å²) in [6.07, 6.45) is 1.81. The van der Waals surface area contributed by atoms with Gasteiger partial charge in [0.05, 0.1) is 20.1 Å². The van der Waals surface area contributed by atoms with E-state index >= 15 is 0 Å². The van der Waals surface area contributed by atoms with E-state index in [9.17, 15) is 14.4 Å². The third kappa shape index (κ3) is 5.65. The maximum absolute atomic E-state index is 12.3. The number of benzene rings is 1. The number of amides is 3. The summed E-state index contributed by atoms with van der Waals surface area (Å²) in [7, 11) is 3.18. The topological polar surface area (TPSA) is 99.8 Å². The highest BCUT2D eigenvalue weighted by Gasteiger charge is 2.30. The normalized spacial score (nSPS) is 16.1. The third-order valence-electron chi connectivity index (χ3n) is 4.42. The van der Waals surface area contributed by atoms with Gasteiger partial charge in [0.2, 0.25) is 5.91 Å². The van der Waals surface area contributed by atoms with E-state index in [1.165, 1.54) is 7.11 Å². The Morgan fingerprint density at radius 2 is 1.92 bits per heavy atom. The average Bonchev–Trinajstić information content (AvgIpc) is 3.12. The van der Waals surface area contributed by atoms with Crippen molar-refractivity contribution in [3.63, 3.8) is 0 Å². The monoisotopic (exact) mass is 362 g/mol. The minimum atomic E-state index is -0.403. The molecule has 1 saturated heterocycles. The number of esters is 1. The molecule has 3 amide bonds. The lowest BCUT2D eigenvalue weighted by molar-refractivity contribution is -0.142. The lowest BCUT2D eigenvalue weighted by Crippen LogP contribution is -2.45. The van der Waals surface area contributed by atoms with Gasteiger partial charge in [0, 0.05) is 31.9 Å². The molecule has 142 valence electrons. The Bertz CT molecular complexity index is 633. The predicted molar refractivity (Wildman–Crippen MR) is 97.6 cm³/mol. The second kappa shape index (κ2) is 9.65. The number of hydrogen-bond donors (Lipinski definition) is 3. The predicted octanol–water partition coefficient (Wildman–Crippen LogP) is 1.08. The van der Waals surface area contributed by atoms with E-state index in [4.69, 9.17) is 0 Å². The minimum absolute atomic E-state index is 0.0950. The molecule has 3 N–H and O–H groups in total. The zero-order chi connectivity index (χ0) is 18.9. The first-order valence-corrected chi connectivity index (χ1v) is 8.68. The van der Waals surface area contributed by atoms with Crippen LogP contribution in [0.25, 0.3) is 0 Å². The molecule has 1 fully saturated rings. The molecule has 1 aromatic rings. The summed E-state index contributed by atoms with van der Waals surface area (Å²) in [5.74, 6) is -0.519. The molecule has 1 unspecified atom stereocenters. The fourth-order valence-electron chi connectivity index (χ4n) is 2.94. The van der Waals surface area contributed by atoms with Crippen molar-refractivity contribution >= 4 is 23.6 Å². The first kappa shape index (κ1) is 19.6. The summed E-state index contributed by atoms with van der Waals surface area (Å²) in [5, 5.41) is 8.32. The van der Waals surface area contributed by atoms with Gasteiger partial charge in [-0.05, 0) is 30.5 Å². The van der Waals surface area contributed by atoms with E-state index in [1.54, 1.807) is 4.90 Å². The number of carbonyl (C=O) groups excluding carboxylic acids is 3. The number of urea groups is 1. The summed E-state index contributed by atoms with van der Waals surface area (Å²) in [5.41, 5.74) is 1.96. The summed E-state index contributed by atoms with van der Waals surface area (Å²) in [6.45, 7) is 0.877. The number of hydrogen-bond acceptors (Lipinski definition) is 5. The Hall–Kier alpha value is -2.77. The molecule has 1 aliphatic rings. The van der Waals surface area contributed by atoms with Crippen molar-refractivity contribution in [1.29, 1.82) is 0 Å². The molecule has 26 heavy (non-hydrogen) atoms. The molecule has 1 heterocycles. The van der Waals surface area contributed by atoms with Crippen LogP contribution in [0.15, 0.2) is 24.3 Å². The van der Waals surface area contributed by atoms with Gasteiger partial charge in [-0.2, -0.15) is 0 Å². The number of rotatable bonds is 7. The second-order valence-electron chi connectivity index (χ2n) is 6.15. The lowest BCUT2D eigenvalue weighted by atomic mass is 10.1. The maximum Gasteiger partial charge on any atom is 0.315 e. The van der Waals surface area contributed by atoms with Crippen LogP contribution in [0, 0.1) is 0 Å². The Balaban J connectivity index is 1.73. The molecule has 1 aliphatic heterocycles. The van der Waals surface area contributed by atoms with Crippen LogP contribution in [0.5, 0.6) is 0 Å². The maximum atomic E-state index is 12.3. The SMILES string of the molecule is CNc1ccc(CNC(=O)NCC(=O)N2CCCC2CC(=O)OC)cc1. The first-order chi connectivity index (χ1) is 12.5. The molecule has 1 aromatic carbocycles. The van der Waals surface area contributed by atoms with Gasteiger partial charge in [-0.25, -0.2) is 4.79 Å². The number of ether oxygens (including phenoxy) is 1. The van der Waals surface area contributed by atoms with E-state index in [2.05, 4.69) is 20.7 Å². The quantitative estimate of drug-likeness (QED) is 0.631. The zero-order valence-electron chi connectivity index (χ0n) is 15.2. The van der Waals surface area contributed by atoms with Crippen molar-refractivity contribution in [2.75, 3.05) is 32.6 Å². The molecule has 0 bridgehead atoms. The van der Waals surface area contributed by atoms with E-state index < -0.39 is 6.03 Å². The number of likely N-dealkylation sites (tertiary alicyclic amines) is 1. The van der Waals surface area contributed by atoms with Gasteiger partial charge < -0.3 is 25.6 Å². The minimum Gasteiger partial charge on any atom is -0.469 e. The number of methoxy groups -OCH3 is 1. The summed E-state index contributed by atoms with van der Waals surface area (Å²) in [4.78, 5) is 37.2. The highest BCUT2D eigenvalue weighted by Crippen LogP contribution is 2.20. The van der Waals surface area contributed by atoms with Crippen LogP contribution in [0.1, 0.15) is 24.8 Å². The van der Waals surface area contributed by atoms with Crippen molar-refractivity contribution in [3.8, 4) is 0 Å². The molecule has 0 saturated carbocycles. The van der Waals surface area contributed by atoms with Gasteiger partial charge in [-0.1, -0.05) is 12.1 Å². The standard InChI is InChI=1S/C18H26N4O4/c1-19-14-7-5-13(6-8-14)11-20-18(25)21-12-16(23)22-9-3-4-15(22)10-17(24)26-2/h5-8,15,19H,3-4,9-12H2,1-2H3,(H2,20,21,25). The number of nitrogens with zero attached hydrogens (tertiary/aromatic N) is 1. The van der Waals surface area contributed by atoms with Gasteiger partial charge >= 0.3 is 12.0 Å². The van der Waals surface area contributed by atoms with E-state index in [-0.39, 0.29) is 30.9 Å². The summed E-state index contributed by atoms with van der Waals surface area (Å²) in [6, 6.07) is 7.13. The largest absolute Gasteiger partial charge is 0.469 e. The van der Waals surface area contributed by atoms with E-state index in [1.807, 2.05) is 31.3 Å². The lowest BCUT2D eigenvalue weighted by Gasteiger charge is -2.24. The second-order valence-corrected chi connectivity index (χ2v) is 6.15. The molecule has 0 radical (unpaired) electrons. The Labute approximate surface area is 153 Å². The van der Waals surface area contributed by atoms with Crippen molar-refractivity contribution in [2.45, 2.75) is 31.8 Å². The number of carbonyl (C=O) groups is 3. The molecule has 8 heteroatoms. The molecular weight excluding hydrogens is 336 g/mol. The first-order valence-electron chi connectivity index (χ1n) is 8.68. The number of anilines is 1. The number of nitrogens with one attached hydrogen (secondary N) is 3. The smallest absolute Gasteiger partial charge is 0.315 e. The van der Waals surface area contributed by atoms with Gasteiger partial charge in [0.1, 0.15) is 0 Å². The highest BCUT2D eigenvalue weighted by atomic mass is 16.5. The molecule has 0 aromatic heterocycles. The molecule has 8 nitrogen and oxygen atoms in total. The van der Waals surface area contributed by atoms with E-state index in [0.717, 1.165) is 24.1 Å². The van der Waals surface area contributed by atoms with Crippen LogP contribution in [0.3, 0.4) is 0 Å². The summed E-state index contributed by atoms with van der Waals surface area (Å²) >= 11 is 0. The Morgan fingerprint density at radius 1 is 1.19 bits per heavy atom. The van der Waals surface area contributed by atoms with Crippen molar-refractivity contribution in [2.24, 2.45) is 0 Å². The van der Waals surface area contributed by atoms with Crippen molar-refractivity contribution < 1.29 is 19.1 Å². The summed E-state index contributed by atoms with van der Waals surface area (Å²) < 4.78 is 4.67. The van der Waals surface area contributed by atoms with Crippen molar-refractivity contribution in [1.82, 2.24) is 15.5 Å². The van der Waals surface area contributed by atoms with Crippen LogP contribution in [-0.4, -0.2) is 56.1 Å². The average molecular weight is 362 g/mol. The molecule has 1 atom stereocenters. The fraction of sp³-hybridized carbons (Fsp3) is 0.500. The van der Waals surface area contributed by atoms with Gasteiger partial charge in [0.25, 0.3) is 0 Å². The molecule has 0 aliphatic carbocycles. The highest BCUT2D eigenvalue weighted by molar-refractivity contribution is 5.84. The molecule has 2 rings (SSSR count). The van der Waals surface area contributed by atoms with Crippen LogP contribution >= 0.6 is 0 Å². The fourth-order valence-corrected chi connectivity index (χ4v) is 2.94. The van der Waals surface area contributed by atoms with Crippen LogP contribution < -0.4 is 16.0 Å². The van der Waals surface area contributed by atoms with Crippen LogP contribution in [0.2, 0.25) is 0 Å². The Morgan fingerprint density at radius 3 is 2.58 bits per heavy atom. The molecular formula is C18H26N4O4. The van der Waals surface area contributed by atoms with E-state index in [0.29, 0.717) is 13.1 Å². The van der Waals surface area contributed by atoms with Crippen LogP contribution in [0.4, 0.5) is 10.5 Å². The van der Waals surface area contributed by atoms with Crippen molar-refractivity contribution in [3.05, 3.63) is 29.8 Å². The van der Waals surface area contributed by atoms with Crippen LogP contribution in [-0.2, 0) is 20.9 Å². The third-order valence-corrected chi connectivity index (χ3v) is 4.42.